The second-order valence-electron chi connectivity index (χ2n) is 6.57. The van der Waals surface area contributed by atoms with Crippen molar-refractivity contribution in [3.05, 3.63) is 42.3 Å². The third kappa shape index (κ3) is 3.66. The molecule has 0 aliphatic heterocycles. The minimum absolute atomic E-state index is 0.248. The molecular formula is C16H25. The van der Waals surface area contributed by atoms with Crippen molar-refractivity contribution < 1.29 is 0 Å². The van der Waals surface area contributed by atoms with E-state index in [4.69, 9.17) is 0 Å². The van der Waals surface area contributed by atoms with Crippen molar-refractivity contribution in [1.82, 2.24) is 0 Å². The van der Waals surface area contributed by atoms with Gasteiger partial charge in [-0.3, -0.25) is 0 Å². The molecule has 89 valence electrons. The molecule has 0 bridgehead atoms. The summed E-state index contributed by atoms with van der Waals surface area (Å²) in [6.45, 7) is 15.5. The van der Waals surface area contributed by atoms with Crippen molar-refractivity contribution in [3.63, 3.8) is 0 Å². The Morgan fingerprint density at radius 3 is 1.81 bits per heavy atom. The predicted molar refractivity (Wildman–Crippen MR) is 72.6 cm³/mol. The maximum atomic E-state index is 3.91. The molecule has 1 aromatic rings. The first-order chi connectivity index (χ1) is 7.24. The van der Waals surface area contributed by atoms with Gasteiger partial charge in [-0.05, 0) is 41.7 Å². The normalized spacial score (nSPS) is 12.9. The maximum absolute atomic E-state index is 3.91. The van der Waals surface area contributed by atoms with Crippen LogP contribution in [0.25, 0.3) is 0 Å². The summed E-state index contributed by atoms with van der Waals surface area (Å²) in [6.07, 6.45) is 2.07. The number of hydrogen-bond acceptors (Lipinski definition) is 0. The standard InChI is InChI=1S/C16H25/c1-7-13-8-10-14(11-9-13)16(5,6)12-15(2,3)4/h8-11H,1,7,12H2,2-6H3. The average molecular weight is 217 g/mol. The summed E-state index contributed by atoms with van der Waals surface area (Å²) < 4.78 is 0. The number of rotatable bonds is 3. The van der Waals surface area contributed by atoms with E-state index in [0.29, 0.717) is 5.41 Å². The Bertz CT molecular complexity index is 322. The van der Waals surface area contributed by atoms with Crippen LogP contribution in [0.1, 0.15) is 52.2 Å². The van der Waals surface area contributed by atoms with E-state index in [9.17, 15) is 0 Å². The second kappa shape index (κ2) is 4.61. The van der Waals surface area contributed by atoms with Crippen LogP contribution in [0.15, 0.2) is 24.3 Å². The van der Waals surface area contributed by atoms with E-state index in [2.05, 4.69) is 65.8 Å². The Kier molecular flexibility index (Phi) is 3.83. The van der Waals surface area contributed by atoms with Gasteiger partial charge in [0.15, 0.2) is 0 Å². The Balaban J connectivity index is 2.89. The van der Waals surface area contributed by atoms with E-state index >= 15 is 0 Å². The van der Waals surface area contributed by atoms with Gasteiger partial charge >= 0.3 is 0 Å². The van der Waals surface area contributed by atoms with Gasteiger partial charge in [0.25, 0.3) is 0 Å². The first-order valence-electron chi connectivity index (χ1n) is 6.13. The topological polar surface area (TPSA) is 0 Å². The van der Waals surface area contributed by atoms with Crippen molar-refractivity contribution in [2.45, 2.75) is 52.9 Å². The van der Waals surface area contributed by atoms with E-state index in [0.717, 1.165) is 6.42 Å². The van der Waals surface area contributed by atoms with Crippen LogP contribution in [0.2, 0.25) is 0 Å². The van der Waals surface area contributed by atoms with Gasteiger partial charge in [-0.15, -0.1) is 0 Å². The Hall–Kier alpha value is -0.780. The molecule has 0 saturated heterocycles. The molecule has 0 fully saturated rings. The summed E-state index contributed by atoms with van der Waals surface area (Å²) in [4.78, 5) is 0. The molecule has 1 rings (SSSR count). The molecule has 0 heterocycles. The molecular weight excluding hydrogens is 192 g/mol. The molecule has 0 saturated carbocycles. The zero-order valence-electron chi connectivity index (χ0n) is 11.4. The van der Waals surface area contributed by atoms with Crippen LogP contribution in [-0.4, -0.2) is 0 Å². The number of benzene rings is 1. The van der Waals surface area contributed by atoms with Crippen molar-refractivity contribution in [3.8, 4) is 0 Å². The molecule has 0 spiro atoms. The van der Waals surface area contributed by atoms with E-state index in [1.807, 2.05) is 0 Å². The Morgan fingerprint density at radius 2 is 1.44 bits per heavy atom. The van der Waals surface area contributed by atoms with Crippen molar-refractivity contribution >= 4 is 0 Å². The van der Waals surface area contributed by atoms with Crippen molar-refractivity contribution in [1.29, 1.82) is 0 Å². The van der Waals surface area contributed by atoms with Gasteiger partial charge < -0.3 is 0 Å². The fourth-order valence-corrected chi connectivity index (χ4v) is 2.55. The number of hydrogen-bond donors (Lipinski definition) is 0. The van der Waals surface area contributed by atoms with Crippen LogP contribution in [-0.2, 0) is 11.8 Å². The van der Waals surface area contributed by atoms with Gasteiger partial charge in [0.05, 0.1) is 0 Å². The fourth-order valence-electron chi connectivity index (χ4n) is 2.55. The quantitative estimate of drug-likeness (QED) is 0.683. The summed E-state index contributed by atoms with van der Waals surface area (Å²) in [5, 5.41) is 0. The zero-order chi connectivity index (χ0) is 12.4. The third-order valence-corrected chi connectivity index (χ3v) is 3.00. The van der Waals surface area contributed by atoms with Crippen LogP contribution < -0.4 is 0 Å². The molecule has 0 atom stereocenters. The lowest BCUT2D eigenvalue weighted by Gasteiger charge is -2.33. The molecule has 1 radical (unpaired) electrons. The van der Waals surface area contributed by atoms with E-state index < -0.39 is 0 Å². The maximum Gasteiger partial charge on any atom is -0.00986 e. The highest BCUT2D eigenvalue weighted by atomic mass is 14.3. The van der Waals surface area contributed by atoms with E-state index in [1.54, 1.807) is 0 Å². The van der Waals surface area contributed by atoms with E-state index in [-0.39, 0.29) is 5.41 Å². The smallest absolute Gasteiger partial charge is 0.00986 e. The minimum Gasteiger partial charge on any atom is -0.0601 e. The van der Waals surface area contributed by atoms with Crippen LogP contribution in [0, 0.1) is 12.3 Å². The van der Waals surface area contributed by atoms with Crippen molar-refractivity contribution in [2.75, 3.05) is 0 Å². The zero-order valence-corrected chi connectivity index (χ0v) is 11.4. The monoisotopic (exact) mass is 217 g/mol. The minimum atomic E-state index is 0.248. The van der Waals surface area contributed by atoms with Crippen LogP contribution in [0.3, 0.4) is 0 Å². The highest BCUT2D eigenvalue weighted by Crippen LogP contribution is 2.36. The SMILES string of the molecule is [CH2]Cc1ccc(C(C)(C)CC(C)(C)C)cc1. The lowest BCUT2D eigenvalue weighted by atomic mass is 9.72. The lowest BCUT2D eigenvalue weighted by molar-refractivity contribution is 0.284. The Labute approximate surface area is 101 Å². The van der Waals surface area contributed by atoms with Gasteiger partial charge in [-0.2, -0.15) is 0 Å². The summed E-state index contributed by atoms with van der Waals surface area (Å²) in [7, 11) is 0. The third-order valence-electron chi connectivity index (χ3n) is 3.00. The lowest BCUT2D eigenvalue weighted by Crippen LogP contribution is -2.24. The molecule has 0 aromatic heterocycles. The molecule has 0 heteroatoms. The largest absolute Gasteiger partial charge is 0.0601 e. The van der Waals surface area contributed by atoms with Crippen LogP contribution in [0.5, 0.6) is 0 Å². The van der Waals surface area contributed by atoms with Crippen molar-refractivity contribution in [2.24, 2.45) is 5.41 Å². The van der Waals surface area contributed by atoms with Gasteiger partial charge in [-0.25, -0.2) is 0 Å². The molecule has 0 N–H and O–H groups in total. The fraction of sp³-hybridized carbons (Fsp3) is 0.562. The van der Waals surface area contributed by atoms with E-state index in [1.165, 1.54) is 17.5 Å². The molecule has 1 aromatic carbocycles. The molecule has 0 unspecified atom stereocenters. The predicted octanol–water partition coefficient (Wildman–Crippen LogP) is 4.78. The highest BCUT2D eigenvalue weighted by Gasteiger charge is 2.26. The first-order valence-corrected chi connectivity index (χ1v) is 6.13. The summed E-state index contributed by atoms with van der Waals surface area (Å²) in [6, 6.07) is 8.91. The first kappa shape index (κ1) is 13.3. The molecule has 0 nitrogen and oxygen atoms in total. The molecule has 0 aliphatic rings. The van der Waals surface area contributed by atoms with Crippen LogP contribution >= 0.6 is 0 Å². The average Bonchev–Trinajstić information content (AvgIpc) is 2.14. The highest BCUT2D eigenvalue weighted by molar-refractivity contribution is 5.28. The Morgan fingerprint density at radius 1 is 0.938 bits per heavy atom. The molecule has 0 aliphatic carbocycles. The molecule has 16 heavy (non-hydrogen) atoms. The van der Waals surface area contributed by atoms with Crippen LogP contribution in [0.4, 0.5) is 0 Å². The second-order valence-corrected chi connectivity index (χ2v) is 6.57. The van der Waals surface area contributed by atoms with Gasteiger partial charge in [0.2, 0.25) is 0 Å². The molecule has 0 amide bonds. The summed E-state index contributed by atoms with van der Waals surface area (Å²) in [5.41, 5.74) is 3.36. The van der Waals surface area contributed by atoms with Gasteiger partial charge in [0.1, 0.15) is 0 Å². The van der Waals surface area contributed by atoms with Gasteiger partial charge in [0, 0.05) is 0 Å². The van der Waals surface area contributed by atoms with Gasteiger partial charge in [-0.1, -0.05) is 58.9 Å². The summed E-state index contributed by atoms with van der Waals surface area (Å²) >= 11 is 0. The summed E-state index contributed by atoms with van der Waals surface area (Å²) in [5.74, 6) is 0.